The maximum absolute atomic E-state index is 10.9. The van der Waals surface area contributed by atoms with Crippen LogP contribution in [-0.4, -0.2) is 27.0 Å². The number of nitro groups is 1. The van der Waals surface area contributed by atoms with Crippen molar-refractivity contribution in [3.63, 3.8) is 0 Å². The Balaban J connectivity index is 2.28. The Labute approximate surface area is 103 Å². The molecule has 7 heteroatoms. The van der Waals surface area contributed by atoms with E-state index >= 15 is 0 Å². The van der Waals surface area contributed by atoms with Crippen molar-refractivity contribution in [2.24, 2.45) is 0 Å². The highest BCUT2D eigenvalue weighted by Crippen LogP contribution is 2.27. The lowest BCUT2D eigenvalue weighted by Crippen LogP contribution is -2.17. The van der Waals surface area contributed by atoms with E-state index in [1.54, 1.807) is 0 Å². The molecule has 1 saturated carbocycles. The summed E-state index contributed by atoms with van der Waals surface area (Å²) >= 11 is 0. The molecular formula is C11H13N3O4. The van der Waals surface area contributed by atoms with E-state index in [1.807, 2.05) is 0 Å². The van der Waals surface area contributed by atoms with Crippen LogP contribution in [0.1, 0.15) is 36.0 Å². The number of rotatable bonds is 4. The molecule has 0 radical (unpaired) electrons. The molecule has 0 amide bonds. The van der Waals surface area contributed by atoms with Crippen molar-refractivity contribution in [1.29, 1.82) is 0 Å². The minimum Gasteiger partial charge on any atom is -0.478 e. The van der Waals surface area contributed by atoms with Gasteiger partial charge >= 0.3 is 11.7 Å². The Hall–Kier alpha value is -2.18. The summed E-state index contributed by atoms with van der Waals surface area (Å²) in [5.41, 5.74) is -0.472. The van der Waals surface area contributed by atoms with Crippen molar-refractivity contribution < 1.29 is 14.8 Å². The fourth-order valence-corrected chi connectivity index (χ4v) is 2.08. The summed E-state index contributed by atoms with van der Waals surface area (Å²) in [4.78, 5) is 24.9. The maximum atomic E-state index is 10.9. The molecule has 0 atom stereocenters. The minimum atomic E-state index is -1.22. The first-order valence-electron chi connectivity index (χ1n) is 5.72. The number of pyridine rings is 1. The van der Waals surface area contributed by atoms with Gasteiger partial charge in [0.25, 0.3) is 0 Å². The molecule has 1 aliphatic rings. The zero-order chi connectivity index (χ0) is 13.1. The quantitative estimate of drug-likeness (QED) is 0.626. The van der Waals surface area contributed by atoms with Crippen LogP contribution < -0.4 is 5.32 Å². The molecule has 0 aliphatic heterocycles. The van der Waals surface area contributed by atoms with Gasteiger partial charge in [0.15, 0.2) is 0 Å². The van der Waals surface area contributed by atoms with E-state index in [-0.39, 0.29) is 23.1 Å². The first-order valence-corrected chi connectivity index (χ1v) is 5.72. The van der Waals surface area contributed by atoms with Crippen molar-refractivity contribution in [1.82, 2.24) is 4.98 Å². The number of hydrogen-bond donors (Lipinski definition) is 2. The van der Waals surface area contributed by atoms with Crippen LogP contribution >= 0.6 is 0 Å². The highest BCUT2D eigenvalue weighted by Gasteiger charge is 2.22. The average Bonchev–Trinajstić information content (AvgIpc) is 2.81. The number of nitrogens with zero attached hydrogens (tertiary/aromatic N) is 2. The summed E-state index contributed by atoms with van der Waals surface area (Å²) in [7, 11) is 0. The van der Waals surface area contributed by atoms with E-state index in [9.17, 15) is 14.9 Å². The second-order valence-electron chi connectivity index (χ2n) is 4.28. The molecular weight excluding hydrogens is 238 g/mol. The number of aromatic carboxylic acids is 1. The number of hydrogen-bond acceptors (Lipinski definition) is 5. The van der Waals surface area contributed by atoms with Crippen molar-refractivity contribution in [2.75, 3.05) is 5.32 Å². The van der Waals surface area contributed by atoms with Gasteiger partial charge in [-0.15, -0.1) is 0 Å². The summed E-state index contributed by atoms with van der Waals surface area (Å²) in [5.74, 6) is -1.07. The van der Waals surface area contributed by atoms with Crippen LogP contribution in [0, 0.1) is 10.1 Å². The van der Waals surface area contributed by atoms with E-state index in [2.05, 4.69) is 10.3 Å². The van der Waals surface area contributed by atoms with Gasteiger partial charge in [0.05, 0.1) is 10.5 Å². The largest absolute Gasteiger partial charge is 0.478 e. The van der Waals surface area contributed by atoms with Gasteiger partial charge in [0.1, 0.15) is 0 Å². The van der Waals surface area contributed by atoms with Gasteiger partial charge in [-0.3, -0.25) is 10.1 Å². The van der Waals surface area contributed by atoms with Crippen LogP contribution in [0.15, 0.2) is 12.3 Å². The molecule has 0 saturated heterocycles. The van der Waals surface area contributed by atoms with E-state index in [4.69, 9.17) is 5.11 Å². The van der Waals surface area contributed by atoms with Crippen molar-refractivity contribution in [3.8, 4) is 0 Å². The third-order valence-corrected chi connectivity index (χ3v) is 3.01. The smallest absolute Gasteiger partial charge is 0.337 e. The van der Waals surface area contributed by atoms with Crippen LogP contribution in [0.2, 0.25) is 0 Å². The topological polar surface area (TPSA) is 105 Å². The monoisotopic (exact) mass is 251 g/mol. The Morgan fingerprint density at radius 2 is 2.17 bits per heavy atom. The second-order valence-corrected chi connectivity index (χ2v) is 4.28. The predicted molar refractivity (Wildman–Crippen MR) is 63.7 cm³/mol. The van der Waals surface area contributed by atoms with Crippen LogP contribution in [0.4, 0.5) is 11.5 Å². The lowest BCUT2D eigenvalue weighted by atomic mass is 10.2. The van der Waals surface area contributed by atoms with Gasteiger partial charge in [-0.1, -0.05) is 12.8 Å². The fourth-order valence-electron chi connectivity index (χ4n) is 2.08. The third kappa shape index (κ3) is 2.55. The number of carboxylic acid groups (broad SMARTS) is 1. The molecule has 0 spiro atoms. The summed E-state index contributed by atoms with van der Waals surface area (Å²) < 4.78 is 0. The highest BCUT2D eigenvalue weighted by molar-refractivity contribution is 5.88. The van der Waals surface area contributed by atoms with Crippen molar-refractivity contribution >= 4 is 17.5 Å². The number of anilines is 1. The molecule has 96 valence electrons. The molecule has 2 rings (SSSR count). The first kappa shape index (κ1) is 12.3. The highest BCUT2D eigenvalue weighted by atomic mass is 16.6. The summed E-state index contributed by atoms with van der Waals surface area (Å²) in [6.45, 7) is 0. The average molecular weight is 251 g/mol. The maximum Gasteiger partial charge on any atom is 0.337 e. The number of aromatic nitrogens is 1. The van der Waals surface area contributed by atoms with E-state index in [0.29, 0.717) is 0 Å². The SMILES string of the molecule is O=C(O)c1cnc(NC2CCCC2)c([N+](=O)[O-])c1. The minimum absolute atomic E-state index is 0.150. The standard InChI is InChI=1S/C11H13N3O4/c15-11(16)7-5-9(14(17)18)10(12-6-7)13-8-3-1-2-4-8/h5-6,8H,1-4H2,(H,12,13)(H,15,16). The predicted octanol–water partition coefficient (Wildman–Crippen LogP) is 2.04. The summed E-state index contributed by atoms with van der Waals surface area (Å²) in [6, 6.07) is 1.22. The molecule has 1 aromatic rings. The van der Waals surface area contributed by atoms with Crippen LogP contribution in [0.25, 0.3) is 0 Å². The Kier molecular flexibility index (Phi) is 3.40. The van der Waals surface area contributed by atoms with Gasteiger partial charge < -0.3 is 10.4 Å². The van der Waals surface area contributed by atoms with Crippen LogP contribution in [-0.2, 0) is 0 Å². The van der Waals surface area contributed by atoms with E-state index in [1.165, 1.54) is 0 Å². The zero-order valence-electron chi connectivity index (χ0n) is 9.63. The summed E-state index contributed by atoms with van der Waals surface area (Å²) in [6.07, 6.45) is 5.24. The molecule has 0 unspecified atom stereocenters. The lowest BCUT2D eigenvalue weighted by Gasteiger charge is -2.12. The molecule has 1 fully saturated rings. The van der Waals surface area contributed by atoms with Crippen molar-refractivity contribution in [3.05, 3.63) is 27.9 Å². The Morgan fingerprint density at radius 1 is 1.50 bits per heavy atom. The summed E-state index contributed by atoms with van der Waals surface area (Å²) in [5, 5.41) is 22.7. The second kappa shape index (κ2) is 4.99. The van der Waals surface area contributed by atoms with E-state index in [0.717, 1.165) is 37.9 Å². The van der Waals surface area contributed by atoms with Gasteiger partial charge in [-0.25, -0.2) is 9.78 Å². The molecule has 18 heavy (non-hydrogen) atoms. The molecule has 2 N–H and O–H groups in total. The number of carboxylic acids is 1. The molecule has 1 aliphatic carbocycles. The fraction of sp³-hybridized carbons (Fsp3) is 0.455. The van der Waals surface area contributed by atoms with Gasteiger partial charge in [0.2, 0.25) is 5.82 Å². The third-order valence-electron chi connectivity index (χ3n) is 3.01. The normalized spacial score (nSPS) is 15.6. The molecule has 1 aromatic heterocycles. The number of nitrogens with one attached hydrogen (secondary N) is 1. The Morgan fingerprint density at radius 3 is 2.72 bits per heavy atom. The van der Waals surface area contributed by atoms with Crippen molar-refractivity contribution in [2.45, 2.75) is 31.7 Å². The number of carbonyl (C=O) groups is 1. The van der Waals surface area contributed by atoms with Gasteiger partial charge in [-0.05, 0) is 12.8 Å². The first-order chi connectivity index (χ1) is 8.58. The molecule has 0 bridgehead atoms. The Bertz CT molecular complexity index is 483. The lowest BCUT2D eigenvalue weighted by molar-refractivity contribution is -0.384. The molecule has 1 heterocycles. The van der Waals surface area contributed by atoms with Gasteiger partial charge in [-0.2, -0.15) is 0 Å². The van der Waals surface area contributed by atoms with Gasteiger partial charge in [0, 0.05) is 18.3 Å². The molecule has 0 aromatic carbocycles. The van der Waals surface area contributed by atoms with E-state index < -0.39 is 10.9 Å². The molecule has 7 nitrogen and oxygen atoms in total. The van der Waals surface area contributed by atoms with Crippen LogP contribution in [0.5, 0.6) is 0 Å². The van der Waals surface area contributed by atoms with Crippen LogP contribution in [0.3, 0.4) is 0 Å². The zero-order valence-corrected chi connectivity index (χ0v) is 9.63.